The summed E-state index contributed by atoms with van der Waals surface area (Å²) in [5, 5.41) is 3.42. The average molecular weight is 264 g/mol. The van der Waals surface area contributed by atoms with Crippen molar-refractivity contribution in [3.05, 3.63) is 24.3 Å². The summed E-state index contributed by atoms with van der Waals surface area (Å²) in [6.45, 7) is 0.969. The number of nitrogens with zero attached hydrogens (tertiary/aromatic N) is 1. The van der Waals surface area contributed by atoms with Crippen LogP contribution in [0.3, 0.4) is 0 Å². The highest BCUT2D eigenvalue weighted by molar-refractivity contribution is 6.18. The standard InChI is InChI=1S/C14H18ClN3/c15-8-10-4-3-5-11(10)9-16-14-17-12-6-1-2-7-13(12)18-14/h1-2,6-7,10-11H,3-5,8-9H2,(H2,16,17,18). The molecule has 0 amide bonds. The minimum atomic E-state index is 0.670. The number of benzene rings is 1. The molecule has 96 valence electrons. The molecule has 0 bridgehead atoms. The zero-order valence-electron chi connectivity index (χ0n) is 10.3. The zero-order chi connectivity index (χ0) is 12.4. The van der Waals surface area contributed by atoms with Gasteiger partial charge >= 0.3 is 0 Å². The minimum absolute atomic E-state index is 0.670. The predicted octanol–water partition coefficient (Wildman–Crippen LogP) is 3.63. The smallest absolute Gasteiger partial charge is 0.201 e. The van der Waals surface area contributed by atoms with Crippen molar-refractivity contribution in [2.24, 2.45) is 11.8 Å². The number of aromatic nitrogens is 2. The van der Waals surface area contributed by atoms with Crippen molar-refractivity contribution >= 4 is 28.6 Å². The molecule has 18 heavy (non-hydrogen) atoms. The van der Waals surface area contributed by atoms with Gasteiger partial charge in [0.1, 0.15) is 0 Å². The first kappa shape index (κ1) is 11.8. The van der Waals surface area contributed by atoms with E-state index in [0.717, 1.165) is 29.4 Å². The highest BCUT2D eigenvalue weighted by Crippen LogP contribution is 2.32. The number of nitrogens with one attached hydrogen (secondary N) is 2. The molecule has 3 nitrogen and oxygen atoms in total. The molecule has 1 aromatic carbocycles. The molecule has 0 spiro atoms. The molecule has 2 N–H and O–H groups in total. The summed E-state index contributed by atoms with van der Waals surface area (Å²) in [5.74, 6) is 3.02. The molecule has 1 aromatic heterocycles. The van der Waals surface area contributed by atoms with E-state index in [9.17, 15) is 0 Å². The number of hydrogen-bond donors (Lipinski definition) is 2. The van der Waals surface area contributed by atoms with Crippen LogP contribution in [-0.4, -0.2) is 22.4 Å². The van der Waals surface area contributed by atoms with Crippen LogP contribution in [0.1, 0.15) is 19.3 Å². The Balaban J connectivity index is 1.66. The van der Waals surface area contributed by atoms with E-state index in [0.29, 0.717) is 11.8 Å². The molecule has 1 saturated carbocycles. The second kappa shape index (κ2) is 5.19. The number of imidazole rings is 1. The van der Waals surface area contributed by atoms with Gasteiger partial charge in [0, 0.05) is 12.4 Å². The first-order chi connectivity index (χ1) is 8.86. The fourth-order valence-electron chi connectivity index (χ4n) is 2.85. The maximum absolute atomic E-state index is 6.00. The summed E-state index contributed by atoms with van der Waals surface area (Å²) in [4.78, 5) is 7.82. The highest BCUT2D eigenvalue weighted by Gasteiger charge is 2.26. The van der Waals surface area contributed by atoms with Crippen LogP contribution in [0.5, 0.6) is 0 Å². The molecular weight excluding hydrogens is 246 g/mol. The zero-order valence-corrected chi connectivity index (χ0v) is 11.1. The van der Waals surface area contributed by atoms with E-state index in [4.69, 9.17) is 11.6 Å². The van der Waals surface area contributed by atoms with E-state index in [1.54, 1.807) is 0 Å². The van der Waals surface area contributed by atoms with Gasteiger partial charge in [0.25, 0.3) is 0 Å². The third-order valence-electron chi connectivity index (χ3n) is 3.94. The Hall–Kier alpha value is -1.22. The van der Waals surface area contributed by atoms with E-state index in [-0.39, 0.29) is 0 Å². The van der Waals surface area contributed by atoms with E-state index in [2.05, 4.69) is 15.3 Å². The molecule has 4 heteroatoms. The Morgan fingerprint density at radius 2 is 2.11 bits per heavy atom. The van der Waals surface area contributed by atoms with Crippen LogP contribution < -0.4 is 5.32 Å². The number of halogens is 1. The third kappa shape index (κ3) is 2.32. The van der Waals surface area contributed by atoms with Crippen molar-refractivity contribution in [1.29, 1.82) is 0 Å². The van der Waals surface area contributed by atoms with Crippen LogP contribution in [0.4, 0.5) is 5.95 Å². The highest BCUT2D eigenvalue weighted by atomic mass is 35.5. The second-order valence-electron chi connectivity index (χ2n) is 5.09. The quantitative estimate of drug-likeness (QED) is 0.827. The maximum atomic E-state index is 6.00. The number of fused-ring (bicyclic) bond motifs is 1. The normalized spacial score (nSPS) is 23.6. The monoisotopic (exact) mass is 263 g/mol. The summed E-state index contributed by atoms with van der Waals surface area (Å²) in [5.41, 5.74) is 2.10. The van der Waals surface area contributed by atoms with Gasteiger partial charge < -0.3 is 10.3 Å². The summed E-state index contributed by atoms with van der Waals surface area (Å²) in [6, 6.07) is 8.09. The Morgan fingerprint density at radius 3 is 2.94 bits per heavy atom. The topological polar surface area (TPSA) is 40.7 Å². The van der Waals surface area contributed by atoms with Gasteiger partial charge in [-0.3, -0.25) is 0 Å². The number of para-hydroxylation sites is 2. The number of rotatable bonds is 4. The summed E-state index contributed by atoms with van der Waals surface area (Å²) in [6.07, 6.45) is 3.87. The molecule has 2 unspecified atom stereocenters. The van der Waals surface area contributed by atoms with Crippen molar-refractivity contribution in [2.45, 2.75) is 19.3 Å². The molecule has 1 aliphatic carbocycles. The second-order valence-corrected chi connectivity index (χ2v) is 5.40. The van der Waals surface area contributed by atoms with E-state index >= 15 is 0 Å². The van der Waals surface area contributed by atoms with Crippen LogP contribution in [-0.2, 0) is 0 Å². The molecule has 1 heterocycles. The van der Waals surface area contributed by atoms with Gasteiger partial charge in [-0.25, -0.2) is 4.98 Å². The van der Waals surface area contributed by atoms with Gasteiger partial charge in [-0.15, -0.1) is 11.6 Å². The van der Waals surface area contributed by atoms with Gasteiger partial charge in [-0.2, -0.15) is 0 Å². The van der Waals surface area contributed by atoms with E-state index < -0.39 is 0 Å². The lowest BCUT2D eigenvalue weighted by Crippen LogP contribution is -2.19. The lowest BCUT2D eigenvalue weighted by Gasteiger charge is -2.17. The van der Waals surface area contributed by atoms with Crippen molar-refractivity contribution in [1.82, 2.24) is 9.97 Å². The molecule has 2 aromatic rings. The van der Waals surface area contributed by atoms with Crippen LogP contribution in [0, 0.1) is 11.8 Å². The summed E-state index contributed by atoms with van der Waals surface area (Å²) < 4.78 is 0. The van der Waals surface area contributed by atoms with Crippen molar-refractivity contribution in [3.63, 3.8) is 0 Å². The Bertz CT molecular complexity index is 489. The third-order valence-corrected chi connectivity index (χ3v) is 4.33. The number of alkyl halides is 1. The van der Waals surface area contributed by atoms with Gasteiger partial charge in [0.2, 0.25) is 5.95 Å². The minimum Gasteiger partial charge on any atom is -0.356 e. The average Bonchev–Trinajstić information content (AvgIpc) is 3.01. The van der Waals surface area contributed by atoms with Crippen LogP contribution in [0.2, 0.25) is 0 Å². The molecule has 2 atom stereocenters. The lowest BCUT2D eigenvalue weighted by atomic mass is 9.98. The number of anilines is 1. The Labute approximate surface area is 112 Å². The van der Waals surface area contributed by atoms with Gasteiger partial charge in [0.15, 0.2) is 0 Å². The molecule has 0 aliphatic heterocycles. The number of H-pyrrole nitrogens is 1. The number of hydrogen-bond acceptors (Lipinski definition) is 2. The van der Waals surface area contributed by atoms with Crippen molar-refractivity contribution < 1.29 is 0 Å². The molecule has 1 fully saturated rings. The van der Waals surface area contributed by atoms with Crippen LogP contribution >= 0.6 is 11.6 Å². The van der Waals surface area contributed by atoms with Gasteiger partial charge in [-0.1, -0.05) is 18.6 Å². The summed E-state index contributed by atoms with van der Waals surface area (Å²) in [7, 11) is 0. The molecule has 0 saturated heterocycles. The predicted molar refractivity (Wildman–Crippen MR) is 76.1 cm³/mol. The first-order valence-corrected chi connectivity index (χ1v) is 7.15. The molecular formula is C14H18ClN3. The largest absolute Gasteiger partial charge is 0.356 e. The fourth-order valence-corrected chi connectivity index (χ4v) is 3.26. The first-order valence-electron chi connectivity index (χ1n) is 6.61. The lowest BCUT2D eigenvalue weighted by molar-refractivity contribution is 0.443. The van der Waals surface area contributed by atoms with E-state index in [1.807, 2.05) is 24.3 Å². The van der Waals surface area contributed by atoms with Crippen molar-refractivity contribution in [3.8, 4) is 0 Å². The number of aromatic amines is 1. The van der Waals surface area contributed by atoms with Crippen LogP contribution in [0.25, 0.3) is 11.0 Å². The maximum Gasteiger partial charge on any atom is 0.201 e. The molecule has 0 radical (unpaired) electrons. The van der Waals surface area contributed by atoms with Gasteiger partial charge in [-0.05, 0) is 36.8 Å². The van der Waals surface area contributed by atoms with Crippen molar-refractivity contribution in [2.75, 3.05) is 17.7 Å². The molecule has 1 aliphatic rings. The fraction of sp³-hybridized carbons (Fsp3) is 0.500. The van der Waals surface area contributed by atoms with E-state index in [1.165, 1.54) is 19.3 Å². The Kier molecular flexibility index (Phi) is 3.41. The Morgan fingerprint density at radius 1 is 1.28 bits per heavy atom. The molecule has 3 rings (SSSR count). The van der Waals surface area contributed by atoms with Crippen LogP contribution in [0.15, 0.2) is 24.3 Å². The SMILES string of the molecule is ClCC1CCCC1CNc1nc2ccccc2[nH]1. The summed E-state index contributed by atoms with van der Waals surface area (Å²) >= 11 is 6.00. The van der Waals surface area contributed by atoms with Gasteiger partial charge in [0.05, 0.1) is 11.0 Å².